The molecule has 5 heteroatoms. The van der Waals surface area contributed by atoms with Gasteiger partial charge in [0.2, 0.25) is 11.0 Å². The number of nitrogens with one attached hydrogen (secondary N) is 1. The Labute approximate surface area is 151 Å². The first-order valence-electron chi connectivity index (χ1n) is 8.05. The van der Waals surface area contributed by atoms with Crippen molar-refractivity contribution in [1.82, 2.24) is 5.32 Å². The zero-order chi connectivity index (χ0) is 16.9. The van der Waals surface area contributed by atoms with Crippen LogP contribution in [0.1, 0.15) is 55.8 Å². The number of amides is 1. The van der Waals surface area contributed by atoms with Gasteiger partial charge in [-0.1, -0.05) is 78.9 Å². The number of rotatable bonds is 10. The number of unbranched alkanes of at least 4 members (excludes halogenated alkanes) is 5. The van der Waals surface area contributed by atoms with Crippen LogP contribution in [0.15, 0.2) is 40.2 Å². The lowest BCUT2D eigenvalue weighted by molar-refractivity contribution is -0.116. The SMILES string of the molecule is CCCCCCCCNC(=O)/C=C\SC(=O)c1ccccc1Br. The van der Waals surface area contributed by atoms with Crippen LogP contribution in [0, 0.1) is 0 Å². The van der Waals surface area contributed by atoms with Gasteiger partial charge in [0.15, 0.2) is 0 Å². The zero-order valence-electron chi connectivity index (χ0n) is 13.5. The molecule has 0 aliphatic carbocycles. The first-order valence-corrected chi connectivity index (χ1v) is 9.72. The van der Waals surface area contributed by atoms with E-state index in [0.717, 1.165) is 29.1 Å². The Kier molecular flexibility index (Phi) is 10.7. The van der Waals surface area contributed by atoms with Crippen molar-refractivity contribution >= 4 is 38.7 Å². The van der Waals surface area contributed by atoms with Crippen LogP contribution in [0.4, 0.5) is 0 Å². The van der Waals surface area contributed by atoms with Crippen molar-refractivity contribution in [3.8, 4) is 0 Å². The Morgan fingerprint density at radius 3 is 2.57 bits per heavy atom. The van der Waals surface area contributed by atoms with Crippen molar-refractivity contribution in [2.75, 3.05) is 6.54 Å². The summed E-state index contributed by atoms with van der Waals surface area (Å²) in [6.07, 6.45) is 8.62. The summed E-state index contributed by atoms with van der Waals surface area (Å²) in [7, 11) is 0. The Balaban J connectivity index is 2.18. The first-order chi connectivity index (χ1) is 11.1. The fourth-order valence-electron chi connectivity index (χ4n) is 2.02. The van der Waals surface area contributed by atoms with Gasteiger partial charge in [0.1, 0.15) is 0 Å². The van der Waals surface area contributed by atoms with Crippen molar-refractivity contribution < 1.29 is 9.59 Å². The Hall–Kier alpha value is -1.07. The summed E-state index contributed by atoms with van der Waals surface area (Å²) < 4.78 is 0.762. The number of benzene rings is 1. The fraction of sp³-hybridized carbons (Fsp3) is 0.444. The van der Waals surface area contributed by atoms with Gasteiger partial charge < -0.3 is 5.32 Å². The van der Waals surface area contributed by atoms with Crippen molar-refractivity contribution in [2.24, 2.45) is 0 Å². The fourth-order valence-corrected chi connectivity index (χ4v) is 3.24. The molecular formula is C18H24BrNO2S. The summed E-state index contributed by atoms with van der Waals surface area (Å²) in [6, 6.07) is 7.25. The Morgan fingerprint density at radius 1 is 1.13 bits per heavy atom. The van der Waals surface area contributed by atoms with Crippen LogP contribution in [0.3, 0.4) is 0 Å². The third-order valence-corrected chi connectivity index (χ3v) is 4.72. The summed E-state index contributed by atoms with van der Waals surface area (Å²) in [6.45, 7) is 2.89. The van der Waals surface area contributed by atoms with Crippen molar-refractivity contribution in [2.45, 2.75) is 45.4 Å². The van der Waals surface area contributed by atoms with Crippen molar-refractivity contribution in [3.63, 3.8) is 0 Å². The van der Waals surface area contributed by atoms with E-state index in [1.54, 1.807) is 11.5 Å². The second kappa shape index (κ2) is 12.4. The van der Waals surface area contributed by atoms with Gasteiger partial charge in [0.25, 0.3) is 0 Å². The van der Waals surface area contributed by atoms with E-state index in [1.165, 1.54) is 31.8 Å². The molecule has 0 bridgehead atoms. The van der Waals surface area contributed by atoms with Crippen LogP contribution in [-0.4, -0.2) is 17.6 Å². The summed E-state index contributed by atoms with van der Waals surface area (Å²) in [5, 5.41) is 4.29. The maximum Gasteiger partial charge on any atom is 0.244 e. The number of hydrogen-bond donors (Lipinski definition) is 1. The molecule has 0 aliphatic heterocycles. The van der Waals surface area contributed by atoms with E-state index in [-0.39, 0.29) is 11.0 Å². The molecule has 0 unspecified atom stereocenters. The van der Waals surface area contributed by atoms with Crippen molar-refractivity contribution in [1.29, 1.82) is 0 Å². The number of carbonyl (C=O) groups excluding carboxylic acids is 2. The summed E-state index contributed by atoms with van der Waals surface area (Å²) in [5.41, 5.74) is 0.606. The highest BCUT2D eigenvalue weighted by molar-refractivity contribution is 9.10. The van der Waals surface area contributed by atoms with Gasteiger partial charge in [0.05, 0.1) is 0 Å². The highest BCUT2D eigenvalue weighted by Crippen LogP contribution is 2.21. The second-order valence-electron chi connectivity index (χ2n) is 5.25. The monoisotopic (exact) mass is 397 g/mol. The molecule has 0 radical (unpaired) electrons. The number of halogens is 1. The molecule has 23 heavy (non-hydrogen) atoms. The van der Waals surface area contributed by atoms with Crippen LogP contribution >= 0.6 is 27.7 Å². The molecule has 0 saturated heterocycles. The van der Waals surface area contributed by atoms with Crippen molar-refractivity contribution in [3.05, 3.63) is 45.8 Å². The highest BCUT2D eigenvalue weighted by Gasteiger charge is 2.08. The van der Waals surface area contributed by atoms with Gasteiger partial charge in [-0.05, 0) is 24.0 Å². The average molecular weight is 398 g/mol. The van der Waals surface area contributed by atoms with Gasteiger partial charge in [-0.25, -0.2) is 0 Å². The minimum absolute atomic E-state index is 0.0857. The molecule has 0 atom stereocenters. The maximum atomic E-state index is 12.0. The van der Waals surface area contributed by atoms with Crippen LogP contribution in [-0.2, 0) is 4.79 Å². The molecule has 1 aromatic carbocycles. The molecule has 0 aromatic heterocycles. The average Bonchev–Trinajstić information content (AvgIpc) is 2.54. The molecule has 3 nitrogen and oxygen atoms in total. The molecule has 1 amide bonds. The van der Waals surface area contributed by atoms with E-state index in [4.69, 9.17) is 0 Å². The Bertz CT molecular complexity index is 532. The minimum atomic E-state index is -0.147. The molecular weight excluding hydrogens is 374 g/mol. The first kappa shape index (κ1) is 20.0. The normalized spacial score (nSPS) is 10.9. The van der Waals surface area contributed by atoms with Crippen LogP contribution in [0.25, 0.3) is 0 Å². The van der Waals surface area contributed by atoms with E-state index in [2.05, 4.69) is 28.2 Å². The van der Waals surface area contributed by atoms with E-state index in [0.29, 0.717) is 12.1 Å². The van der Waals surface area contributed by atoms with Crippen LogP contribution < -0.4 is 5.32 Å². The third kappa shape index (κ3) is 8.96. The van der Waals surface area contributed by atoms with E-state index >= 15 is 0 Å². The predicted molar refractivity (Wildman–Crippen MR) is 102 cm³/mol. The largest absolute Gasteiger partial charge is 0.353 e. The maximum absolute atomic E-state index is 12.0. The lowest BCUT2D eigenvalue weighted by atomic mass is 10.1. The summed E-state index contributed by atoms with van der Waals surface area (Å²) >= 11 is 4.36. The molecule has 0 aliphatic rings. The molecule has 0 fully saturated rings. The lowest BCUT2D eigenvalue weighted by Crippen LogP contribution is -2.21. The second-order valence-corrected chi connectivity index (χ2v) is 6.98. The minimum Gasteiger partial charge on any atom is -0.353 e. The van der Waals surface area contributed by atoms with Gasteiger partial charge in [-0.3, -0.25) is 9.59 Å². The molecule has 1 N–H and O–H groups in total. The van der Waals surface area contributed by atoms with Crippen LogP contribution in [0.5, 0.6) is 0 Å². The highest BCUT2D eigenvalue weighted by atomic mass is 79.9. The van der Waals surface area contributed by atoms with Gasteiger partial charge in [0, 0.05) is 22.7 Å². The molecule has 1 aromatic rings. The van der Waals surface area contributed by atoms with Crippen LogP contribution in [0.2, 0.25) is 0 Å². The topological polar surface area (TPSA) is 46.2 Å². The standard InChI is InChI=1S/C18H24BrNO2S/c1-2-3-4-5-6-9-13-20-17(21)12-14-23-18(22)15-10-7-8-11-16(15)19/h7-8,10-12,14H,2-6,9,13H2,1H3,(H,20,21)/b14-12-. The number of hydrogen-bond acceptors (Lipinski definition) is 3. The molecule has 0 heterocycles. The summed E-state index contributed by atoms with van der Waals surface area (Å²) in [5.74, 6) is -0.147. The van der Waals surface area contributed by atoms with E-state index in [1.807, 2.05) is 18.2 Å². The number of carbonyl (C=O) groups is 2. The Morgan fingerprint density at radius 2 is 1.83 bits per heavy atom. The molecule has 0 spiro atoms. The third-order valence-electron chi connectivity index (χ3n) is 3.32. The smallest absolute Gasteiger partial charge is 0.244 e. The number of thioether (sulfide) groups is 1. The van der Waals surface area contributed by atoms with E-state index < -0.39 is 0 Å². The van der Waals surface area contributed by atoms with Gasteiger partial charge in [-0.15, -0.1) is 0 Å². The quantitative estimate of drug-likeness (QED) is 0.429. The molecule has 1 rings (SSSR count). The van der Waals surface area contributed by atoms with Gasteiger partial charge >= 0.3 is 0 Å². The van der Waals surface area contributed by atoms with E-state index in [9.17, 15) is 9.59 Å². The molecule has 0 saturated carbocycles. The predicted octanol–water partition coefficient (Wildman–Crippen LogP) is 5.31. The zero-order valence-corrected chi connectivity index (χ0v) is 15.9. The molecule has 126 valence electrons. The van der Waals surface area contributed by atoms with Gasteiger partial charge in [-0.2, -0.15) is 0 Å². The lowest BCUT2D eigenvalue weighted by Gasteiger charge is -2.02. The summed E-state index contributed by atoms with van der Waals surface area (Å²) in [4.78, 5) is 23.6.